The van der Waals surface area contributed by atoms with Crippen LogP contribution < -0.4 is 10.1 Å². The van der Waals surface area contributed by atoms with Gasteiger partial charge in [0.05, 0.1) is 0 Å². The Hall–Kier alpha value is -1.58. The minimum atomic E-state index is -1.09. The van der Waals surface area contributed by atoms with Gasteiger partial charge in [0.15, 0.2) is 0 Å². The molecule has 2 N–H and O–H groups in total. The van der Waals surface area contributed by atoms with Crippen LogP contribution >= 0.6 is 0 Å². The lowest BCUT2D eigenvalue weighted by Gasteiger charge is -2.13. The molecule has 0 amide bonds. The maximum Gasteiger partial charge on any atom is 0.257 e. The van der Waals surface area contributed by atoms with E-state index in [-0.39, 0.29) is 0 Å². The lowest BCUT2D eigenvalue weighted by molar-refractivity contribution is -0.0330. The summed E-state index contributed by atoms with van der Waals surface area (Å²) in [6.07, 6.45) is -1.09. The highest BCUT2D eigenvalue weighted by Gasteiger charge is 2.05. The second kappa shape index (κ2) is 4.29. The van der Waals surface area contributed by atoms with E-state index in [1.54, 1.807) is 0 Å². The fraction of sp³-hybridized carbons (Fsp3) is 0.0833. The summed E-state index contributed by atoms with van der Waals surface area (Å²) in [5.41, 5.74) is 0. The molecule has 3 nitrogen and oxygen atoms in total. The van der Waals surface area contributed by atoms with Crippen LogP contribution in [0.5, 0.6) is 5.75 Å². The van der Waals surface area contributed by atoms with Gasteiger partial charge in [-0.15, -0.1) is 0 Å². The van der Waals surface area contributed by atoms with Crippen LogP contribution in [0.1, 0.15) is 0 Å². The number of benzene rings is 2. The van der Waals surface area contributed by atoms with Crippen molar-refractivity contribution in [1.82, 2.24) is 5.32 Å². The summed E-state index contributed by atoms with van der Waals surface area (Å²) < 4.78 is 5.26. The Kier molecular flexibility index (Phi) is 2.85. The molecule has 3 heteroatoms. The normalized spacial score (nSPS) is 12.7. The van der Waals surface area contributed by atoms with Gasteiger partial charge < -0.3 is 9.84 Å². The molecule has 0 bridgehead atoms. The molecule has 0 aliphatic rings. The number of fused-ring (bicyclic) bond motifs is 1. The van der Waals surface area contributed by atoms with Gasteiger partial charge in [-0.3, -0.25) is 5.32 Å². The Bertz CT molecular complexity index is 451. The van der Waals surface area contributed by atoms with E-state index in [1.807, 2.05) is 42.5 Å². The molecular weight excluding hydrogens is 190 g/mol. The van der Waals surface area contributed by atoms with Crippen LogP contribution in [0.2, 0.25) is 0 Å². The molecule has 15 heavy (non-hydrogen) atoms. The van der Waals surface area contributed by atoms with Crippen LogP contribution in [-0.4, -0.2) is 11.5 Å². The molecule has 1 radical (unpaired) electrons. The standard InChI is InChI=1S/C12H12NO2/c1-13-12(14)15-11-8-4-6-9-5-2-3-7-10(9)11/h2-8,12-14H,1H2. The average molecular weight is 202 g/mol. The minimum Gasteiger partial charge on any atom is -0.451 e. The first-order chi connectivity index (χ1) is 7.31. The van der Waals surface area contributed by atoms with Crippen molar-refractivity contribution in [2.45, 2.75) is 6.41 Å². The lowest BCUT2D eigenvalue weighted by atomic mass is 10.1. The van der Waals surface area contributed by atoms with E-state index in [1.165, 1.54) is 0 Å². The van der Waals surface area contributed by atoms with E-state index in [0.717, 1.165) is 10.8 Å². The van der Waals surface area contributed by atoms with Gasteiger partial charge in [0.1, 0.15) is 5.75 Å². The van der Waals surface area contributed by atoms with Gasteiger partial charge >= 0.3 is 0 Å². The predicted molar refractivity (Wildman–Crippen MR) is 59.1 cm³/mol. The molecule has 2 rings (SSSR count). The largest absolute Gasteiger partial charge is 0.451 e. The second-order valence-electron chi connectivity index (χ2n) is 3.15. The SMILES string of the molecule is [CH2]NC(O)Oc1cccc2ccccc12. The maximum atomic E-state index is 9.27. The third kappa shape index (κ3) is 2.09. The molecule has 0 spiro atoms. The highest BCUT2D eigenvalue weighted by molar-refractivity contribution is 5.88. The molecule has 0 saturated carbocycles. The average Bonchev–Trinajstić information content (AvgIpc) is 2.29. The predicted octanol–water partition coefficient (Wildman–Crippen LogP) is 1.88. The van der Waals surface area contributed by atoms with Crippen molar-refractivity contribution < 1.29 is 9.84 Å². The fourth-order valence-corrected chi connectivity index (χ4v) is 1.46. The zero-order valence-electron chi connectivity index (χ0n) is 8.18. The van der Waals surface area contributed by atoms with Crippen molar-refractivity contribution in [3.05, 3.63) is 49.5 Å². The van der Waals surface area contributed by atoms with E-state index in [9.17, 15) is 5.11 Å². The van der Waals surface area contributed by atoms with Gasteiger partial charge in [-0.2, -0.15) is 0 Å². The van der Waals surface area contributed by atoms with E-state index >= 15 is 0 Å². The molecule has 1 unspecified atom stereocenters. The first kappa shape index (κ1) is 9.96. The smallest absolute Gasteiger partial charge is 0.257 e. The Balaban J connectivity index is 2.42. The van der Waals surface area contributed by atoms with Gasteiger partial charge in [0.2, 0.25) is 0 Å². The third-order valence-corrected chi connectivity index (χ3v) is 2.16. The van der Waals surface area contributed by atoms with E-state index in [2.05, 4.69) is 12.4 Å². The van der Waals surface area contributed by atoms with E-state index in [4.69, 9.17) is 4.74 Å². The van der Waals surface area contributed by atoms with Crippen LogP contribution in [0.15, 0.2) is 42.5 Å². The van der Waals surface area contributed by atoms with Crippen molar-refractivity contribution in [3.63, 3.8) is 0 Å². The topological polar surface area (TPSA) is 41.5 Å². The Morgan fingerprint density at radius 1 is 1.13 bits per heavy atom. The van der Waals surface area contributed by atoms with Crippen LogP contribution in [0.3, 0.4) is 0 Å². The summed E-state index contributed by atoms with van der Waals surface area (Å²) in [6.45, 7) is 0. The Labute approximate surface area is 88.3 Å². The second-order valence-corrected chi connectivity index (χ2v) is 3.15. The number of hydrogen-bond donors (Lipinski definition) is 2. The van der Waals surface area contributed by atoms with Crippen LogP contribution in [0.25, 0.3) is 10.8 Å². The summed E-state index contributed by atoms with van der Waals surface area (Å²) >= 11 is 0. The molecule has 0 saturated heterocycles. The maximum absolute atomic E-state index is 9.27. The molecule has 2 aromatic rings. The molecule has 0 aliphatic carbocycles. The van der Waals surface area contributed by atoms with Crippen molar-refractivity contribution >= 4 is 10.8 Å². The molecule has 0 aliphatic heterocycles. The van der Waals surface area contributed by atoms with Crippen molar-refractivity contribution in [2.75, 3.05) is 0 Å². The van der Waals surface area contributed by atoms with Gasteiger partial charge in [-0.1, -0.05) is 36.4 Å². The van der Waals surface area contributed by atoms with E-state index < -0.39 is 6.41 Å². The van der Waals surface area contributed by atoms with Crippen molar-refractivity contribution in [3.8, 4) is 5.75 Å². The summed E-state index contributed by atoms with van der Waals surface area (Å²) in [5.74, 6) is 0.636. The molecule has 0 fully saturated rings. The monoisotopic (exact) mass is 202 g/mol. The third-order valence-electron chi connectivity index (χ3n) is 2.16. The number of aliphatic hydroxyl groups is 1. The van der Waals surface area contributed by atoms with Crippen LogP contribution in [0, 0.1) is 7.05 Å². The number of hydrogen-bond acceptors (Lipinski definition) is 3. The number of aliphatic hydroxyl groups excluding tert-OH is 1. The number of rotatable bonds is 3. The fourth-order valence-electron chi connectivity index (χ4n) is 1.46. The first-order valence-electron chi connectivity index (χ1n) is 4.66. The molecular formula is C12H12NO2. The lowest BCUT2D eigenvalue weighted by Crippen LogP contribution is -2.28. The summed E-state index contributed by atoms with van der Waals surface area (Å²) in [4.78, 5) is 0. The summed E-state index contributed by atoms with van der Waals surface area (Å²) in [6, 6.07) is 13.5. The first-order valence-corrected chi connectivity index (χ1v) is 4.66. The highest BCUT2D eigenvalue weighted by atomic mass is 16.6. The van der Waals surface area contributed by atoms with Crippen LogP contribution in [-0.2, 0) is 0 Å². The zero-order chi connectivity index (χ0) is 10.7. The van der Waals surface area contributed by atoms with Crippen LogP contribution in [0.4, 0.5) is 0 Å². The zero-order valence-corrected chi connectivity index (χ0v) is 8.18. The molecule has 2 aromatic carbocycles. The van der Waals surface area contributed by atoms with Gasteiger partial charge in [-0.25, -0.2) is 0 Å². The number of nitrogens with one attached hydrogen (secondary N) is 1. The van der Waals surface area contributed by atoms with Crippen molar-refractivity contribution in [1.29, 1.82) is 0 Å². The Morgan fingerprint density at radius 2 is 1.87 bits per heavy atom. The summed E-state index contributed by atoms with van der Waals surface area (Å²) in [7, 11) is 3.34. The molecule has 0 aromatic heterocycles. The quantitative estimate of drug-likeness (QED) is 0.747. The molecule has 1 atom stereocenters. The minimum absolute atomic E-state index is 0.636. The van der Waals surface area contributed by atoms with Gasteiger partial charge in [0, 0.05) is 12.4 Å². The highest BCUT2D eigenvalue weighted by Crippen LogP contribution is 2.25. The Morgan fingerprint density at radius 3 is 2.67 bits per heavy atom. The summed E-state index contributed by atoms with van der Waals surface area (Å²) in [5, 5.41) is 13.7. The van der Waals surface area contributed by atoms with E-state index in [0.29, 0.717) is 5.75 Å². The molecule has 77 valence electrons. The van der Waals surface area contributed by atoms with Gasteiger partial charge in [-0.05, 0) is 11.5 Å². The molecule has 0 heterocycles. The van der Waals surface area contributed by atoms with Crippen molar-refractivity contribution in [2.24, 2.45) is 0 Å². The number of ether oxygens (including phenoxy) is 1. The van der Waals surface area contributed by atoms with Gasteiger partial charge in [0.25, 0.3) is 6.41 Å².